The number of benzene rings is 1. The minimum absolute atomic E-state index is 0.136. The molecule has 2 atom stereocenters. The molecule has 0 saturated carbocycles. The topological polar surface area (TPSA) is 56.8 Å². The summed E-state index contributed by atoms with van der Waals surface area (Å²) in [5, 5.41) is 1.16. The quantitative estimate of drug-likeness (QED) is 0.818. The normalized spacial score (nSPS) is 26.3. The van der Waals surface area contributed by atoms with E-state index in [1.165, 1.54) is 5.56 Å². The Bertz CT molecular complexity index is 878. The molecular formula is C20H22N4O2. The summed E-state index contributed by atoms with van der Waals surface area (Å²) in [4.78, 5) is 36.0. The van der Waals surface area contributed by atoms with Gasteiger partial charge in [0.25, 0.3) is 0 Å². The van der Waals surface area contributed by atoms with Crippen molar-refractivity contribution in [1.82, 2.24) is 19.7 Å². The van der Waals surface area contributed by atoms with Gasteiger partial charge in [-0.2, -0.15) is 0 Å². The van der Waals surface area contributed by atoms with E-state index >= 15 is 0 Å². The lowest BCUT2D eigenvalue weighted by molar-refractivity contribution is -0.163. The third kappa shape index (κ3) is 2.40. The number of nitrogens with zero attached hydrogens (tertiary/aromatic N) is 4. The molecule has 3 aliphatic heterocycles. The minimum Gasteiger partial charge on any atom is -0.329 e. The monoisotopic (exact) mass is 350 g/mol. The molecule has 0 spiro atoms. The lowest BCUT2D eigenvalue weighted by Crippen LogP contribution is -2.68. The van der Waals surface area contributed by atoms with Gasteiger partial charge >= 0.3 is 0 Å². The SMILES string of the molecule is O=C1C2CN(Cc3cccc4ncccc34)CCN2C(=O)C2CCCN12. The summed E-state index contributed by atoms with van der Waals surface area (Å²) in [5.74, 6) is 0.289. The van der Waals surface area contributed by atoms with Crippen LogP contribution in [0, 0.1) is 0 Å². The minimum atomic E-state index is -0.321. The smallest absolute Gasteiger partial charge is 0.247 e. The van der Waals surface area contributed by atoms with Gasteiger partial charge in [0.15, 0.2) is 0 Å². The van der Waals surface area contributed by atoms with Crippen molar-refractivity contribution in [3.63, 3.8) is 0 Å². The predicted octanol–water partition coefficient (Wildman–Crippen LogP) is 1.25. The number of carbonyl (C=O) groups excluding carboxylic acids is 2. The number of hydrogen-bond donors (Lipinski definition) is 0. The Kier molecular flexibility index (Phi) is 3.67. The van der Waals surface area contributed by atoms with Crippen molar-refractivity contribution < 1.29 is 9.59 Å². The summed E-state index contributed by atoms with van der Waals surface area (Å²) in [5.41, 5.74) is 2.21. The average molecular weight is 350 g/mol. The van der Waals surface area contributed by atoms with Crippen LogP contribution in [-0.2, 0) is 16.1 Å². The van der Waals surface area contributed by atoms with E-state index < -0.39 is 0 Å². The number of aromatic nitrogens is 1. The molecule has 2 aromatic rings. The van der Waals surface area contributed by atoms with Gasteiger partial charge in [0.05, 0.1) is 5.52 Å². The number of pyridine rings is 1. The van der Waals surface area contributed by atoms with Gasteiger partial charge in [-0.05, 0) is 30.5 Å². The average Bonchev–Trinajstić information content (AvgIpc) is 3.17. The van der Waals surface area contributed by atoms with Crippen LogP contribution < -0.4 is 0 Å². The van der Waals surface area contributed by atoms with E-state index in [-0.39, 0.29) is 23.9 Å². The van der Waals surface area contributed by atoms with Gasteiger partial charge in [-0.25, -0.2) is 0 Å². The lowest BCUT2D eigenvalue weighted by atomic mass is 10.0. The Morgan fingerprint density at radius 2 is 1.81 bits per heavy atom. The fraction of sp³-hybridized carbons (Fsp3) is 0.450. The molecule has 2 unspecified atom stereocenters. The van der Waals surface area contributed by atoms with Crippen molar-refractivity contribution in [2.75, 3.05) is 26.2 Å². The van der Waals surface area contributed by atoms with Crippen LogP contribution in [0.2, 0.25) is 0 Å². The van der Waals surface area contributed by atoms with E-state index in [2.05, 4.69) is 22.0 Å². The number of rotatable bonds is 2. The first-order chi connectivity index (χ1) is 12.7. The molecule has 6 heteroatoms. The number of hydrogen-bond acceptors (Lipinski definition) is 4. The highest BCUT2D eigenvalue weighted by Crippen LogP contribution is 2.29. The summed E-state index contributed by atoms with van der Waals surface area (Å²) in [6.45, 7) is 3.57. The van der Waals surface area contributed by atoms with Crippen LogP contribution >= 0.6 is 0 Å². The zero-order valence-corrected chi connectivity index (χ0v) is 14.7. The van der Waals surface area contributed by atoms with Gasteiger partial charge in [-0.15, -0.1) is 0 Å². The molecule has 3 aliphatic rings. The lowest BCUT2D eigenvalue weighted by Gasteiger charge is -2.47. The number of amides is 2. The van der Waals surface area contributed by atoms with Gasteiger partial charge in [0, 0.05) is 44.3 Å². The summed E-state index contributed by atoms with van der Waals surface area (Å²) >= 11 is 0. The molecule has 134 valence electrons. The summed E-state index contributed by atoms with van der Waals surface area (Å²) in [7, 11) is 0. The van der Waals surface area contributed by atoms with Crippen molar-refractivity contribution >= 4 is 22.7 Å². The third-order valence-corrected chi connectivity index (χ3v) is 5.98. The Morgan fingerprint density at radius 3 is 2.73 bits per heavy atom. The van der Waals surface area contributed by atoms with E-state index in [1.54, 1.807) is 0 Å². The van der Waals surface area contributed by atoms with Gasteiger partial charge < -0.3 is 9.80 Å². The van der Waals surface area contributed by atoms with Crippen molar-refractivity contribution in [3.8, 4) is 0 Å². The standard InChI is InChI=1S/C20H22N4O2/c25-19-17-7-3-9-23(17)20(26)18-13-22(10-11-24(18)19)12-14-4-1-6-16-15(14)5-2-8-21-16/h1-2,4-6,8,17-18H,3,7,9-13H2. The third-order valence-electron chi connectivity index (χ3n) is 5.98. The molecule has 0 N–H and O–H groups in total. The first kappa shape index (κ1) is 15.8. The van der Waals surface area contributed by atoms with E-state index in [0.717, 1.165) is 43.4 Å². The zero-order chi connectivity index (χ0) is 17.7. The largest absolute Gasteiger partial charge is 0.329 e. The molecule has 5 rings (SSSR count). The fourth-order valence-electron chi connectivity index (χ4n) is 4.67. The molecule has 0 bridgehead atoms. The number of fused-ring (bicyclic) bond motifs is 3. The molecule has 6 nitrogen and oxygen atoms in total. The Balaban J connectivity index is 1.38. The second kappa shape index (κ2) is 6.06. The molecule has 1 aromatic carbocycles. The van der Waals surface area contributed by atoms with Crippen LogP contribution in [0.4, 0.5) is 0 Å². The zero-order valence-electron chi connectivity index (χ0n) is 14.7. The van der Waals surface area contributed by atoms with Crippen molar-refractivity contribution in [1.29, 1.82) is 0 Å². The van der Waals surface area contributed by atoms with E-state index in [0.29, 0.717) is 13.1 Å². The highest BCUT2D eigenvalue weighted by molar-refractivity contribution is 5.97. The molecule has 3 fully saturated rings. The summed E-state index contributed by atoms with van der Waals surface area (Å²) in [6, 6.07) is 9.71. The van der Waals surface area contributed by atoms with Crippen LogP contribution in [0.25, 0.3) is 10.9 Å². The molecule has 2 amide bonds. The first-order valence-electron chi connectivity index (χ1n) is 9.38. The van der Waals surface area contributed by atoms with Gasteiger partial charge in [0.1, 0.15) is 12.1 Å². The van der Waals surface area contributed by atoms with Crippen LogP contribution in [0.15, 0.2) is 36.5 Å². The van der Waals surface area contributed by atoms with Crippen LogP contribution in [-0.4, -0.2) is 69.8 Å². The van der Waals surface area contributed by atoms with Crippen molar-refractivity contribution in [2.24, 2.45) is 0 Å². The van der Waals surface area contributed by atoms with Crippen molar-refractivity contribution in [3.05, 3.63) is 42.1 Å². The maximum absolute atomic E-state index is 12.9. The van der Waals surface area contributed by atoms with E-state index in [1.807, 2.05) is 34.2 Å². The van der Waals surface area contributed by atoms with E-state index in [9.17, 15) is 9.59 Å². The van der Waals surface area contributed by atoms with Crippen LogP contribution in [0.1, 0.15) is 18.4 Å². The number of piperazine rings is 2. The molecule has 0 aliphatic carbocycles. The Morgan fingerprint density at radius 1 is 0.962 bits per heavy atom. The molecule has 3 saturated heterocycles. The van der Waals surface area contributed by atoms with E-state index in [4.69, 9.17) is 0 Å². The predicted molar refractivity (Wildman–Crippen MR) is 97.3 cm³/mol. The molecule has 1 aromatic heterocycles. The second-order valence-electron chi connectivity index (χ2n) is 7.46. The molecular weight excluding hydrogens is 328 g/mol. The molecule has 26 heavy (non-hydrogen) atoms. The second-order valence-corrected chi connectivity index (χ2v) is 7.46. The Labute approximate surface area is 152 Å². The van der Waals surface area contributed by atoms with Gasteiger partial charge in [-0.3, -0.25) is 19.5 Å². The number of carbonyl (C=O) groups is 2. The maximum Gasteiger partial charge on any atom is 0.247 e. The highest BCUT2D eigenvalue weighted by Gasteiger charge is 2.49. The van der Waals surface area contributed by atoms with Crippen molar-refractivity contribution in [2.45, 2.75) is 31.5 Å². The van der Waals surface area contributed by atoms with Gasteiger partial charge in [0.2, 0.25) is 11.8 Å². The highest BCUT2D eigenvalue weighted by atomic mass is 16.2. The Hall–Kier alpha value is -2.47. The molecule has 4 heterocycles. The summed E-state index contributed by atoms with van der Waals surface area (Å²) < 4.78 is 0. The first-order valence-corrected chi connectivity index (χ1v) is 9.38. The van der Waals surface area contributed by atoms with Crippen LogP contribution in [0.5, 0.6) is 0 Å². The molecule has 0 radical (unpaired) electrons. The summed E-state index contributed by atoms with van der Waals surface area (Å²) in [6.07, 6.45) is 3.57. The van der Waals surface area contributed by atoms with Gasteiger partial charge in [-0.1, -0.05) is 18.2 Å². The fourth-order valence-corrected chi connectivity index (χ4v) is 4.67. The maximum atomic E-state index is 12.9. The van der Waals surface area contributed by atoms with Crippen LogP contribution in [0.3, 0.4) is 0 Å².